The second-order valence-electron chi connectivity index (χ2n) is 6.36. The first-order chi connectivity index (χ1) is 13.4. The zero-order valence-corrected chi connectivity index (χ0v) is 15.7. The number of methoxy groups -OCH3 is 1. The Balaban J connectivity index is 2.03. The molecule has 0 aliphatic carbocycles. The van der Waals surface area contributed by atoms with Gasteiger partial charge >= 0.3 is 6.03 Å². The van der Waals surface area contributed by atoms with Crippen molar-refractivity contribution in [1.29, 1.82) is 0 Å². The van der Waals surface area contributed by atoms with E-state index in [1.165, 1.54) is 5.01 Å². The van der Waals surface area contributed by atoms with Gasteiger partial charge in [0.1, 0.15) is 5.75 Å². The molecule has 9 heteroatoms. The second kappa shape index (κ2) is 7.65. The monoisotopic (exact) mass is 382 g/mol. The molecule has 1 unspecified atom stereocenters. The van der Waals surface area contributed by atoms with E-state index in [1.807, 2.05) is 24.3 Å². The molecule has 0 spiro atoms. The Morgan fingerprint density at radius 2 is 2.11 bits per heavy atom. The van der Waals surface area contributed by atoms with Gasteiger partial charge in [-0.2, -0.15) is 5.10 Å². The summed E-state index contributed by atoms with van der Waals surface area (Å²) in [4.78, 5) is 28.1. The van der Waals surface area contributed by atoms with Gasteiger partial charge in [-0.05, 0) is 30.2 Å². The van der Waals surface area contributed by atoms with Gasteiger partial charge in [-0.15, -0.1) is 0 Å². The number of amides is 3. The Hall–Kier alpha value is -3.46. The van der Waals surface area contributed by atoms with Crippen molar-refractivity contribution < 1.29 is 14.3 Å². The molecule has 0 fully saturated rings. The zero-order valence-electron chi connectivity index (χ0n) is 15.7. The van der Waals surface area contributed by atoms with E-state index in [0.29, 0.717) is 18.0 Å². The molecule has 1 aliphatic rings. The average molecular weight is 382 g/mol. The summed E-state index contributed by atoms with van der Waals surface area (Å²) in [6, 6.07) is 8.46. The summed E-state index contributed by atoms with van der Waals surface area (Å²) in [6.45, 7) is 2.07. The lowest BCUT2D eigenvalue weighted by Gasteiger charge is -2.36. The summed E-state index contributed by atoms with van der Waals surface area (Å²) >= 11 is 0. The lowest BCUT2D eigenvalue weighted by molar-refractivity contribution is -0.138. The largest absolute Gasteiger partial charge is 0.496 e. The summed E-state index contributed by atoms with van der Waals surface area (Å²) in [7, 11) is 1.59. The number of nitrogens with one attached hydrogen (secondary N) is 1. The van der Waals surface area contributed by atoms with E-state index in [0.717, 1.165) is 16.7 Å². The van der Waals surface area contributed by atoms with Crippen molar-refractivity contribution in [3.63, 3.8) is 0 Å². The number of nitrogens with two attached hydrogens (primary N) is 2. The molecule has 0 bridgehead atoms. The maximum absolute atomic E-state index is 12.6. The third-order valence-corrected chi connectivity index (χ3v) is 4.46. The van der Waals surface area contributed by atoms with Crippen LogP contribution >= 0.6 is 0 Å². The molecule has 1 aromatic heterocycles. The quantitative estimate of drug-likeness (QED) is 0.664. The number of likely N-dealkylation sites (N-methyl/N-ethyl adjacent to an activating group) is 1. The molecule has 5 N–H and O–H groups in total. The first-order valence-electron chi connectivity index (χ1n) is 8.72. The fourth-order valence-corrected chi connectivity index (χ4v) is 3.13. The number of ether oxygens (including phenoxy) is 1. The molecule has 3 rings (SSSR count). The molecule has 28 heavy (non-hydrogen) atoms. The predicted molar refractivity (Wildman–Crippen MR) is 104 cm³/mol. The van der Waals surface area contributed by atoms with Crippen LogP contribution in [0.5, 0.6) is 5.75 Å². The van der Waals surface area contributed by atoms with E-state index in [-0.39, 0.29) is 6.42 Å². The van der Waals surface area contributed by atoms with Gasteiger partial charge < -0.3 is 21.5 Å². The number of hydrogen-bond donors (Lipinski definition) is 3. The van der Waals surface area contributed by atoms with Crippen LogP contribution in [0.4, 0.5) is 4.79 Å². The van der Waals surface area contributed by atoms with Crippen molar-refractivity contribution in [2.24, 2.45) is 16.6 Å². The number of benzene rings is 1. The fourth-order valence-electron chi connectivity index (χ4n) is 3.13. The molecule has 1 atom stereocenters. The summed E-state index contributed by atoms with van der Waals surface area (Å²) in [6.07, 6.45) is 3.38. The van der Waals surface area contributed by atoms with E-state index in [2.05, 4.69) is 15.4 Å². The smallest absolute Gasteiger partial charge is 0.314 e. The highest BCUT2D eigenvalue weighted by molar-refractivity contribution is 6.08. The molecule has 2 aromatic rings. The van der Waals surface area contributed by atoms with Gasteiger partial charge in [-0.3, -0.25) is 9.78 Å². The van der Waals surface area contributed by atoms with Gasteiger partial charge in [0.05, 0.1) is 12.8 Å². The van der Waals surface area contributed by atoms with Crippen LogP contribution in [0.25, 0.3) is 11.1 Å². The maximum atomic E-state index is 12.6. The molecule has 0 saturated carbocycles. The van der Waals surface area contributed by atoms with Crippen molar-refractivity contribution in [2.45, 2.75) is 19.0 Å². The molecule has 146 valence electrons. The molecular weight excluding hydrogens is 360 g/mol. The number of rotatable bonds is 5. The van der Waals surface area contributed by atoms with Crippen molar-refractivity contribution in [3.05, 3.63) is 48.3 Å². The first-order valence-corrected chi connectivity index (χ1v) is 8.72. The number of primary amides is 1. The van der Waals surface area contributed by atoms with Gasteiger partial charge in [0.15, 0.2) is 5.66 Å². The highest BCUT2D eigenvalue weighted by Crippen LogP contribution is 2.30. The molecule has 2 heterocycles. The predicted octanol–water partition coefficient (Wildman–Crippen LogP) is 1.04. The molecule has 1 aromatic carbocycles. The fraction of sp³-hybridized carbons (Fsp3) is 0.263. The number of nitrogens with zero attached hydrogens (tertiary/aromatic N) is 3. The van der Waals surface area contributed by atoms with Crippen LogP contribution in [0.15, 0.2) is 47.8 Å². The van der Waals surface area contributed by atoms with E-state index < -0.39 is 17.6 Å². The minimum atomic E-state index is -1.65. The summed E-state index contributed by atoms with van der Waals surface area (Å²) < 4.78 is 5.41. The Kier molecular flexibility index (Phi) is 5.27. The van der Waals surface area contributed by atoms with Crippen molar-refractivity contribution in [2.75, 3.05) is 13.7 Å². The van der Waals surface area contributed by atoms with Crippen molar-refractivity contribution in [3.8, 4) is 16.9 Å². The Morgan fingerprint density at radius 1 is 1.36 bits per heavy atom. The molecule has 0 radical (unpaired) electrons. The number of carbonyl (C=O) groups excluding carboxylic acids is 2. The number of aromatic nitrogens is 1. The standard InChI is InChI=1S/C19H22N6O3/c1-3-25-17(26)19(21,23-18(20)27)10-15(24-25)13-6-4-5-12(9-13)14-11-22-8-7-16(14)28-2/h4-9,11H,3,10,21H2,1-2H3,(H3,20,23,27). The van der Waals surface area contributed by atoms with Crippen LogP contribution < -0.4 is 21.5 Å². The van der Waals surface area contributed by atoms with E-state index in [9.17, 15) is 9.59 Å². The number of urea groups is 1. The number of carbonyl (C=O) groups is 2. The minimum Gasteiger partial charge on any atom is -0.496 e. The summed E-state index contributed by atoms with van der Waals surface area (Å²) in [5, 5.41) is 7.99. The van der Waals surface area contributed by atoms with Gasteiger partial charge in [0, 0.05) is 30.9 Å². The zero-order chi connectivity index (χ0) is 20.3. The lowest BCUT2D eigenvalue weighted by Crippen LogP contribution is -2.68. The third-order valence-electron chi connectivity index (χ3n) is 4.46. The average Bonchev–Trinajstić information content (AvgIpc) is 2.69. The van der Waals surface area contributed by atoms with Gasteiger partial charge in [-0.1, -0.05) is 18.2 Å². The first kappa shape index (κ1) is 19.3. The normalized spacial score (nSPS) is 19.2. The molecule has 3 amide bonds. The number of pyridine rings is 1. The highest BCUT2D eigenvalue weighted by atomic mass is 16.5. The summed E-state index contributed by atoms with van der Waals surface area (Å²) in [5.41, 5.74) is 12.7. The Morgan fingerprint density at radius 3 is 2.79 bits per heavy atom. The van der Waals surface area contributed by atoms with Crippen LogP contribution in [-0.4, -0.2) is 47.0 Å². The topological polar surface area (TPSA) is 136 Å². The second-order valence-corrected chi connectivity index (χ2v) is 6.36. The third kappa shape index (κ3) is 3.65. The molecule has 0 saturated heterocycles. The SMILES string of the molecule is CCN1N=C(c2cccc(-c3cnccc3OC)c2)CC(N)(NC(N)=O)C1=O. The minimum absolute atomic E-state index is 0.0128. The molecular formula is C19H22N6O3. The number of hydrazone groups is 1. The van der Waals surface area contributed by atoms with Crippen molar-refractivity contribution in [1.82, 2.24) is 15.3 Å². The highest BCUT2D eigenvalue weighted by Gasteiger charge is 2.43. The Bertz CT molecular complexity index is 945. The Labute approximate surface area is 162 Å². The van der Waals surface area contributed by atoms with Crippen LogP contribution in [0, 0.1) is 0 Å². The van der Waals surface area contributed by atoms with Gasteiger partial charge in [-0.25, -0.2) is 9.80 Å². The van der Waals surface area contributed by atoms with Crippen LogP contribution in [0.2, 0.25) is 0 Å². The number of hydrogen-bond acceptors (Lipinski definition) is 6. The van der Waals surface area contributed by atoms with Gasteiger partial charge in [0.25, 0.3) is 5.91 Å². The lowest BCUT2D eigenvalue weighted by atomic mass is 9.93. The van der Waals surface area contributed by atoms with Crippen LogP contribution in [-0.2, 0) is 4.79 Å². The van der Waals surface area contributed by atoms with Crippen LogP contribution in [0.3, 0.4) is 0 Å². The van der Waals surface area contributed by atoms with Gasteiger partial charge in [0.2, 0.25) is 0 Å². The van der Waals surface area contributed by atoms with E-state index >= 15 is 0 Å². The van der Waals surface area contributed by atoms with E-state index in [4.69, 9.17) is 16.2 Å². The maximum Gasteiger partial charge on any atom is 0.314 e. The van der Waals surface area contributed by atoms with E-state index in [1.54, 1.807) is 32.5 Å². The molecule has 9 nitrogen and oxygen atoms in total. The van der Waals surface area contributed by atoms with Crippen LogP contribution in [0.1, 0.15) is 18.9 Å². The molecule has 1 aliphatic heterocycles. The summed E-state index contributed by atoms with van der Waals surface area (Å²) in [5.74, 6) is 0.175. The van der Waals surface area contributed by atoms with Crippen molar-refractivity contribution >= 4 is 17.6 Å².